The third-order valence-electron chi connectivity index (χ3n) is 3.32. The van der Waals surface area contributed by atoms with Gasteiger partial charge in [-0.1, -0.05) is 36.4 Å². The van der Waals surface area contributed by atoms with E-state index < -0.39 is 0 Å². The van der Waals surface area contributed by atoms with Crippen LogP contribution in [0.3, 0.4) is 0 Å². The second-order valence-corrected chi connectivity index (χ2v) is 4.88. The number of hydrogen-bond acceptors (Lipinski definition) is 4. The molecule has 0 N–H and O–H groups in total. The van der Waals surface area contributed by atoms with E-state index in [-0.39, 0.29) is 6.79 Å². The average Bonchev–Trinajstić information content (AvgIpc) is 2.63. The molecular formula is C19H18N2O2. The van der Waals surface area contributed by atoms with Crippen LogP contribution in [0.5, 0.6) is 5.75 Å². The molecule has 0 bridgehead atoms. The number of aromatic nitrogens is 1. The number of benzene rings is 2. The molecule has 1 aromatic heterocycles. The van der Waals surface area contributed by atoms with Gasteiger partial charge in [0.1, 0.15) is 0 Å². The van der Waals surface area contributed by atoms with Gasteiger partial charge in [0.15, 0.2) is 18.4 Å². The van der Waals surface area contributed by atoms with Gasteiger partial charge >= 0.3 is 0 Å². The third kappa shape index (κ3) is 3.49. The monoisotopic (exact) mass is 306 g/mol. The van der Waals surface area contributed by atoms with Crippen molar-refractivity contribution in [2.45, 2.75) is 0 Å². The van der Waals surface area contributed by atoms with E-state index in [9.17, 15) is 0 Å². The SMILES string of the molecule is COCOc1cccnc1N(c1ccccc1)c1ccccc1. The Kier molecular flexibility index (Phi) is 4.86. The van der Waals surface area contributed by atoms with Crippen LogP contribution in [0.25, 0.3) is 0 Å². The second kappa shape index (κ2) is 7.42. The van der Waals surface area contributed by atoms with Crippen LogP contribution < -0.4 is 9.64 Å². The topological polar surface area (TPSA) is 34.6 Å². The molecule has 4 heteroatoms. The molecule has 0 radical (unpaired) electrons. The highest BCUT2D eigenvalue weighted by molar-refractivity contribution is 5.77. The molecular weight excluding hydrogens is 288 g/mol. The largest absolute Gasteiger partial charge is 0.464 e. The molecule has 3 aromatic rings. The zero-order valence-corrected chi connectivity index (χ0v) is 12.9. The summed E-state index contributed by atoms with van der Waals surface area (Å²) in [5.41, 5.74) is 2.03. The minimum Gasteiger partial charge on any atom is -0.464 e. The number of methoxy groups -OCH3 is 1. The maximum atomic E-state index is 5.68. The summed E-state index contributed by atoms with van der Waals surface area (Å²) >= 11 is 0. The summed E-state index contributed by atoms with van der Waals surface area (Å²) in [6.07, 6.45) is 1.76. The first kappa shape index (κ1) is 15.1. The number of para-hydroxylation sites is 2. The van der Waals surface area contributed by atoms with E-state index >= 15 is 0 Å². The highest BCUT2D eigenvalue weighted by Crippen LogP contribution is 2.37. The van der Waals surface area contributed by atoms with Gasteiger partial charge in [-0.25, -0.2) is 4.98 Å². The van der Waals surface area contributed by atoms with Crippen molar-refractivity contribution in [3.05, 3.63) is 79.0 Å². The van der Waals surface area contributed by atoms with Gasteiger partial charge in [0.05, 0.1) is 0 Å². The molecule has 0 aliphatic rings. The molecule has 0 fully saturated rings. The maximum Gasteiger partial charge on any atom is 0.188 e. The van der Waals surface area contributed by atoms with E-state index in [1.165, 1.54) is 0 Å². The van der Waals surface area contributed by atoms with Gasteiger partial charge in [-0.05, 0) is 36.4 Å². The number of rotatable bonds is 6. The van der Waals surface area contributed by atoms with Crippen LogP contribution in [-0.4, -0.2) is 18.9 Å². The number of anilines is 3. The zero-order valence-electron chi connectivity index (χ0n) is 12.9. The summed E-state index contributed by atoms with van der Waals surface area (Å²) in [6.45, 7) is 0.177. The molecule has 0 saturated heterocycles. The lowest BCUT2D eigenvalue weighted by Crippen LogP contribution is -2.13. The molecule has 0 atom stereocenters. The van der Waals surface area contributed by atoms with Crippen LogP contribution in [0.2, 0.25) is 0 Å². The highest BCUT2D eigenvalue weighted by Gasteiger charge is 2.17. The fourth-order valence-electron chi connectivity index (χ4n) is 2.33. The quantitative estimate of drug-likeness (QED) is 0.626. The van der Waals surface area contributed by atoms with E-state index in [2.05, 4.69) is 9.88 Å². The Balaban J connectivity index is 2.10. The van der Waals surface area contributed by atoms with Gasteiger partial charge < -0.3 is 9.47 Å². The predicted octanol–water partition coefficient (Wildman–Crippen LogP) is 4.53. The molecule has 4 nitrogen and oxygen atoms in total. The minimum atomic E-state index is 0.177. The summed E-state index contributed by atoms with van der Waals surface area (Å²) < 4.78 is 10.7. The van der Waals surface area contributed by atoms with Crippen molar-refractivity contribution >= 4 is 17.2 Å². The molecule has 0 aliphatic heterocycles. The Morgan fingerprint density at radius 3 is 2.00 bits per heavy atom. The van der Waals surface area contributed by atoms with Crippen LogP contribution in [-0.2, 0) is 4.74 Å². The molecule has 2 aromatic carbocycles. The van der Waals surface area contributed by atoms with E-state index in [0.29, 0.717) is 5.75 Å². The lowest BCUT2D eigenvalue weighted by atomic mass is 10.2. The maximum absolute atomic E-state index is 5.68. The normalized spacial score (nSPS) is 10.3. The fourth-order valence-corrected chi connectivity index (χ4v) is 2.33. The molecule has 0 saturated carbocycles. The predicted molar refractivity (Wildman–Crippen MR) is 91.4 cm³/mol. The molecule has 0 spiro atoms. The summed E-state index contributed by atoms with van der Waals surface area (Å²) in [5.74, 6) is 1.39. The first-order valence-corrected chi connectivity index (χ1v) is 7.37. The van der Waals surface area contributed by atoms with E-state index in [1.807, 2.05) is 72.8 Å². The van der Waals surface area contributed by atoms with Crippen LogP contribution in [0, 0.1) is 0 Å². The van der Waals surface area contributed by atoms with Gasteiger partial charge in [-0.2, -0.15) is 0 Å². The van der Waals surface area contributed by atoms with Crippen molar-refractivity contribution < 1.29 is 9.47 Å². The van der Waals surface area contributed by atoms with E-state index in [4.69, 9.17) is 9.47 Å². The lowest BCUT2D eigenvalue weighted by Gasteiger charge is -2.25. The van der Waals surface area contributed by atoms with Gasteiger partial charge in [-0.3, -0.25) is 4.90 Å². The van der Waals surface area contributed by atoms with E-state index in [0.717, 1.165) is 17.2 Å². The molecule has 1 heterocycles. The Labute approximate surface area is 135 Å². The lowest BCUT2D eigenvalue weighted by molar-refractivity contribution is 0.0513. The number of nitrogens with zero attached hydrogens (tertiary/aromatic N) is 2. The van der Waals surface area contributed by atoms with Gasteiger partial charge in [0.2, 0.25) is 0 Å². The first-order valence-electron chi connectivity index (χ1n) is 7.37. The minimum absolute atomic E-state index is 0.177. The number of hydrogen-bond donors (Lipinski definition) is 0. The fraction of sp³-hybridized carbons (Fsp3) is 0.105. The Bertz CT molecular complexity index is 693. The summed E-state index contributed by atoms with van der Waals surface area (Å²) in [5, 5.41) is 0. The second-order valence-electron chi connectivity index (χ2n) is 4.88. The number of pyridine rings is 1. The molecule has 0 aliphatic carbocycles. The third-order valence-corrected chi connectivity index (χ3v) is 3.32. The average molecular weight is 306 g/mol. The molecule has 0 amide bonds. The van der Waals surface area contributed by atoms with Gasteiger partial charge in [0, 0.05) is 24.7 Å². The van der Waals surface area contributed by atoms with Gasteiger partial charge in [0.25, 0.3) is 0 Å². The van der Waals surface area contributed by atoms with Crippen molar-refractivity contribution in [3.8, 4) is 5.75 Å². The summed E-state index contributed by atoms with van der Waals surface area (Å²) in [4.78, 5) is 6.59. The van der Waals surface area contributed by atoms with Crippen LogP contribution in [0.4, 0.5) is 17.2 Å². The Morgan fingerprint density at radius 2 is 1.43 bits per heavy atom. The van der Waals surface area contributed by atoms with Crippen molar-refractivity contribution in [3.63, 3.8) is 0 Å². The van der Waals surface area contributed by atoms with Crippen molar-refractivity contribution in [1.29, 1.82) is 0 Å². The summed E-state index contributed by atoms with van der Waals surface area (Å²) in [6, 6.07) is 23.9. The van der Waals surface area contributed by atoms with Crippen LogP contribution in [0.15, 0.2) is 79.0 Å². The first-order chi connectivity index (χ1) is 11.4. The van der Waals surface area contributed by atoms with E-state index in [1.54, 1.807) is 13.3 Å². The van der Waals surface area contributed by atoms with Crippen molar-refractivity contribution in [2.75, 3.05) is 18.8 Å². The zero-order chi connectivity index (χ0) is 15.9. The molecule has 0 unspecified atom stereocenters. The molecule has 23 heavy (non-hydrogen) atoms. The molecule has 116 valence electrons. The number of ether oxygens (including phenoxy) is 2. The van der Waals surface area contributed by atoms with Crippen LogP contribution >= 0.6 is 0 Å². The molecule has 3 rings (SSSR count). The van der Waals surface area contributed by atoms with Crippen LogP contribution in [0.1, 0.15) is 0 Å². The van der Waals surface area contributed by atoms with Crippen molar-refractivity contribution in [2.24, 2.45) is 0 Å². The highest BCUT2D eigenvalue weighted by atomic mass is 16.7. The van der Waals surface area contributed by atoms with Gasteiger partial charge in [-0.15, -0.1) is 0 Å². The Morgan fingerprint density at radius 1 is 0.826 bits per heavy atom. The summed E-state index contributed by atoms with van der Waals surface area (Å²) in [7, 11) is 1.60. The Hall–Kier alpha value is -2.85. The smallest absolute Gasteiger partial charge is 0.188 e. The van der Waals surface area contributed by atoms with Crippen molar-refractivity contribution in [1.82, 2.24) is 4.98 Å². The standard InChI is InChI=1S/C19H18N2O2/c1-22-15-23-18-13-8-14-20-19(18)21(16-9-4-2-5-10-16)17-11-6-3-7-12-17/h2-14H,15H2,1H3.